The molecule has 4 nitrogen and oxygen atoms in total. The molecule has 0 bridgehead atoms. The lowest BCUT2D eigenvalue weighted by Crippen LogP contribution is -2.29. The Kier molecular flexibility index (Phi) is 3.82. The summed E-state index contributed by atoms with van der Waals surface area (Å²) >= 11 is 0. The quantitative estimate of drug-likeness (QED) is 0.743. The molecule has 0 aliphatic carbocycles. The van der Waals surface area contributed by atoms with Crippen LogP contribution in [0, 0.1) is 0 Å². The van der Waals surface area contributed by atoms with Crippen LogP contribution >= 0.6 is 0 Å². The first-order valence-electron chi connectivity index (χ1n) is 4.25. The fourth-order valence-corrected chi connectivity index (χ4v) is 0.926. The van der Waals surface area contributed by atoms with E-state index in [2.05, 4.69) is 4.98 Å². The highest BCUT2D eigenvalue weighted by atomic mass is 16.4. The van der Waals surface area contributed by atoms with Crippen molar-refractivity contribution in [2.45, 2.75) is 12.5 Å². The Bertz CT molecular complexity index is 322. The molecule has 0 aromatic carbocycles. The average molecular weight is 192 g/mol. The van der Waals surface area contributed by atoms with Crippen LogP contribution in [0.4, 0.5) is 0 Å². The molecule has 1 heterocycles. The number of aromatic nitrogens is 1. The molecule has 1 aromatic rings. The van der Waals surface area contributed by atoms with Gasteiger partial charge in [0.25, 0.3) is 0 Å². The highest BCUT2D eigenvalue weighted by molar-refractivity contribution is 5.73. The van der Waals surface area contributed by atoms with Gasteiger partial charge in [-0.3, -0.25) is 9.78 Å². The lowest BCUT2D eigenvalue weighted by Gasteiger charge is -2.00. The first-order valence-corrected chi connectivity index (χ1v) is 4.25. The number of pyridine rings is 1. The van der Waals surface area contributed by atoms with E-state index in [0.29, 0.717) is 6.42 Å². The summed E-state index contributed by atoms with van der Waals surface area (Å²) in [5.41, 5.74) is 6.30. The van der Waals surface area contributed by atoms with Gasteiger partial charge in [-0.2, -0.15) is 0 Å². The SMILES string of the molecule is N[C@H](CC=Cc1ccncc1)C(=O)O. The topological polar surface area (TPSA) is 76.2 Å². The Morgan fingerprint density at radius 3 is 2.79 bits per heavy atom. The highest BCUT2D eigenvalue weighted by Gasteiger charge is 2.07. The van der Waals surface area contributed by atoms with Gasteiger partial charge in [-0.25, -0.2) is 0 Å². The minimum atomic E-state index is -0.982. The molecule has 74 valence electrons. The number of carboxylic acids is 1. The number of rotatable bonds is 4. The van der Waals surface area contributed by atoms with Crippen molar-refractivity contribution in [1.82, 2.24) is 4.98 Å². The Hall–Kier alpha value is -1.68. The van der Waals surface area contributed by atoms with Crippen LogP contribution in [0.2, 0.25) is 0 Å². The molecule has 0 radical (unpaired) electrons. The fourth-order valence-electron chi connectivity index (χ4n) is 0.926. The molecular formula is C10H12N2O2. The minimum absolute atomic E-state index is 0.331. The van der Waals surface area contributed by atoms with Crippen molar-refractivity contribution >= 4 is 12.0 Å². The van der Waals surface area contributed by atoms with Crippen molar-refractivity contribution < 1.29 is 9.90 Å². The maximum atomic E-state index is 10.4. The van der Waals surface area contributed by atoms with E-state index in [1.807, 2.05) is 18.2 Å². The lowest BCUT2D eigenvalue weighted by molar-refractivity contribution is -0.138. The average Bonchev–Trinajstić information content (AvgIpc) is 2.19. The molecule has 4 heteroatoms. The van der Waals surface area contributed by atoms with Gasteiger partial charge in [0.2, 0.25) is 0 Å². The van der Waals surface area contributed by atoms with E-state index in [1.165, 1.54) is 0 Å². The number of carbonyl (C=O) groups is 1. The molecule has 0 amide bonds. The normalized spacial score (nSPS) is 12.9. The zero-order chi connectivity index (χ0) is 10.4. The van der Waals surface area contributed by atoms with Gasteiger partial charge in [-0.05, 0) is 24.1 Å². The molecule has 1 atom stereocenters. The molecule has 0 saturated heterocycles. The van der Waals surface area contributed by atoms with Gasteiger partial charge in [0.15, 0.2) is 0 Å². The van der Waals surface area contributed by atoms with E-state index < -0.39 is 12.0 Å². The Balaban J connectivity index is 2.46. The highest BCUT2D eigenvalue weighted by Crippen LogP contribution is 2.01. The second-order valence-corrected chi connectivity index (χ2v) is 2.86. The number of carboxylic acid groups (broad SMARTS) is 1. The summed E-state index contributed by atoms with van der Waals surface area (Å²) in [4.78, 5) is 14.2. The molecule has 0 fully saturated rings. The third-order valence-corrected chi connectivity index (χ3v) is 1.72. The van der Waals surface area contributed by atoms with Gasteiger partial charge in [0.05, 0.1) is 0 Å². The summed E-state index contributed by atoms with van der Waals surface area (Å²) in [5, 5.41) is 8.51. The monoisotopic (exact) mass is 192 g/mol. The predicted octanol–water partition coefficient (Wildman–Crippen LogP) is 0.897. The Morgan fingerprint density at radius 1 is 1.57 bits per heavy atom. The zero-order valence-corrected chi connectivity index (χ0v) is 7.63. The standard InChI is InChI=1S/C10H12N2O2/c11-9(10(13)14)3-1-2-8-4-6-12-7-5-8/h1-2,4-7,9H,3,11H2,(H,13,14)/t9-/m1/s1. The second kappa shape index (κ2) is 5.14. The Morgan fingerprint density at radius 2 is 2.21 bits per heavy atom. The predicted molar refractivity (Wildman–Crippen MR) is 53.5 cm³/mol. The molecule has 0 spiro atoms. The maximum absolute atomic E-state index is 10.4. The van der Waals surface area contributed by atoms with Gasteiger partial charge < -0.3 is 10.8 Å². The van der Waals surface area contributed by atoms with Gasteiger partial charge in [-0.15, -0.1) is 0 Å². The molecule has 1 aromatic heterocycles. The van der Waals surface area contributed by atoms with Crippen LogP contribution in [0.5, 0.6) is 0 Å². The summed E-state index contributed by atoms with van der Waals surface area (Å²) in [6, 6.07) is 2.85. The van der Waals surface area contributed by atoms with Crippen molar-refractivity contribution in [2.75, 3.05) is 0 Å². The summed E-state index contributed by atoms with van der Waals surface area (Å²) < 4.78 is 0. The summed E-state index contributed by atoms with van der Waals surface area (Å²) in [7, 11) is 0. The molecule has 14 heavy (non-hydrogen) atoms. The summed E-state index contributed by atoms with van der Waals surface area (Å²) in [6.45, 7) is 0. The third-order valence-electron chi connectivity index (χ3n) is 1.72. The van der Waals surface area contributed by atoms with Crippen LogP contribution in [0.1, 0.15) is 12.0 Å². The van der Waals surface area contributed by atoms with Crippen LogP contribution in [0.3, 0.4) is 0 Å². The minimum Gasteiger partial charge on any atom is -0.480 e. The van der Waals surface area contributed by atoms with Crippen LogP contribution in [-0.2, 0) is 4.79 Å². The van der Waals surface area contributed by atoms with Crippen LogP contribution in [-0.4, -0.2) is 22.1 Å². The number of hydrogen-bond acceptors (Lipinski definition) is 3. The van der Waals surface area contributed by atoms with Crippen molar-refractivity contribution in [3.63, 3.8) is 0 Å². The summed E-state index contributed by atoms with van der Waals surface area (Å²) in [5.74, 6) is -0.982. The number of hydrogen-bond donors (Lipinski definition) is 2. The fraction of sp³-hybridized carbons (Fsp3) is 0.200. The lowest BCUT2D eigenvalue weighted by atomic mass is 10.2. The van der Waals surface area contributed by atoms with Crippen molar-refractivity contribution in [1.29, 1.82) is 0 Å². The van der Waals surface area contributed by atoms with Crippen LogP contribution < -0.4 is 5.73 Å². The van der Waals surface area contributed by atoms with Crippen molar-refractivity contribution in [3.8, 4) is 0 Å². The van der Waals surface area contributed by atoms with Gasteiger partial charge in [0.1, 0.15) is 6.04 Å². The molecule has 0 saturated carbocycles. The van der Waals surface area contributed by atoms with E-state index in [0.717, 1.165) is 5.56 Å². The molecule has 0 aliphatic rings. The smallest absolute Gasteiger partial charge is 0.320 e. The Labute approximate surface area is 82.1 Å². The zero-order valence-electron chi connectivity index (χ0n) is 7.63. The molecule has 0 unspecified atom stereocenters. The maximum Gasteiger partial charge on any atom is 0.320 e. The molecule has 3 N–H and O–H groups in total. The summed E-state index contributed by atoms with van der Waals surface area (Å²) in [6.07, 6.45) is 7.25. The number of nitrogens with two attached hydrogens (primary N) is 1. The van der Waals surface area contributed by atoms with E-state index in [4.69, 9.17) is 10.8 Å². The molecular weight excluding hydrogens is 180 g/mol. The van der Waals surface area contributed by atoms with E-state index in [1.54, 1.807) is 18.5 Å². The van der Waals surface area contributed by atoms with Gasteiger partial charge >= 0.3 is 5.97 Å². The number of nitrogens with zero attached hydrogens (tertiary/aromatic N) is 1. The van der Waals surface area contributed by atoms with Crippen molar-refractivity contribution in [3.05, 3.63) is 36.2 Å². The third kappa shape index (κ3) is 3.37. The first kappa shape index (κ1) is 10.4. The van der Waals surface area contributed by atoms with Crippen molar-refractivity contribution in [2.24, 2.45) is 5.73 Å². The van der Waals surface area contributed by atoms with Gasteiger partial charge in [0, 0.05) is 12.4 Å². The number of aliphatic carboxylic acids is 1. The molecule has 1 rings (SSSR count). The van der Waals surface area contributed by atoms with E-state index in [9.17, 15) is 4.79 Å². The largest absolute Gasteiger partial charge is 0.480 e. The van der Waals surface area contributed by atoms with E-state index >= 15 is 0 Å². The van der Waals surface area contributed by atoms with E-state index in [-0.39, 0.29) is 0 Å². The molecule has 0 aliphatic heterocycles. The van der Waals surface area contributed by atoms with Crippen LogP contribution in [0.15, 0.2) is 30.6 Å². The van der Waals surface area contributed by atoms with Gasteiger partial charge in [-0.1, -0.05) is 12.2 Å². The second-order valence-electron chi connectivity index (χ2n) is 2.86. The van der Waals surface area contributed by atoms with Crippen LogP contribution in [0.25, 0.3) is 6.08 Å². The first-order chi connectivity index (χ1) is 6.70.